The molecular formula is C14H20O5. The van der Waals surface area contributed by atoms with Gasteiger partial charge in [0.1, 0.15) is 0 Å². The van der Waals surface area contributed by atoms with Crippen LogP contribution in [0.1, 0.15) is 13.8 Å². The first-order valence-electron chi connectivity index (χ1n) is 6.67. The van der Waals surface area contributed by atoms with Crippen LogP contribution in [0.5, 0.6) is 0 Å². The molecule has 0 aromatic carbocycles. The molecule has 0 radical (unpaired) electrons. The van der Waals surface area contributed by atoms with Gasteiger partial charge in [0, 0.05) is 5.57 Å². The van der Waals surface area contributed by atoms with Crippen molar-refractivity contribution in [2.24, 2.45) is 5.41 Å². The summed E-state index contributed by atoms with van der Waals surface area (Å²) in [4.78, 5) is 0. The second-order valence-electron chi connectivity index (χ2n) is 5.45. The van der Waals surface area contributed by atoms with Gasteiger partial charge >= 0.3 is 0 Å². The maximum absolute atomic E-state index is 10.7. The number of allylic oxidation sites excluding steroid dienone is 2. The molecule has 5 nitrogen and oxygen atoms in total. The van der Waals surface area contributed by atoms with Gasteiger partial charge in [0.25, 0.3) is 0 Å². The van der Waals surface area contributed by atoms with Gasteiger partial charge in [-0.15, -0.1) is 0 Å². The predicted molar refractivity (Wildman–Crippen MR) is 67.3 cm³/mol. The Balaban J connectivity index is 1.89. The van der Waals surface area contributed by atoms with Crippen molar-refractivity contribution in [1.29, 1.82) is 0 Å². The van der Waals surface area contributed by atoms with Gasteiger partial charge in [0.15, 0.2) is 12.6 Å². The molecule has 2 atom stereocenters. The lowest BCUT2D eigenvalue weighted by Crippen LogP contribution is -2.46. The molecule has 19 heavy (non-hydrogen) atoms. The summed E-state index contributed by atoms with van der Waals surface area (Å²) in [5.41, 5.74) is 1.19. The van der Waals surface area contributed by atoms with E-state index in [0.717, 1.165) is 11.1 Å². The largest absolute Gasteiger partial charge is 0.387 e. The van der Waals surface area contributed by atoms with Gasteiger partial charge in [-0.05, 0) is 13.8 Å². The number of rotatable bonds is 2. The van der Waals surface area contributed by atoms with Crippen LogP contribution < -0.4 is 0 Å². The maximum Gasteiger partial charge on any atom is 0.182 e. The van der Waals surface area contributed by atoms with Gasteiger partial charge in [0.05, 0.1) is 37.9 Å². The van der Waals surface area contributed by atoms with Gasteiger partial charge in [-0.25, -0.2) is 0 Å². The Labute approximate surface area is 112 Å². The molecule has 0 aromatic rings. The molecule has 2 heterocycles. The van der Waals surface area contributed by atoms with Gasteiger partial charge in [0.2, 0.25) is 0 Å². The zero-order valence-electron chi connectivity index (χ0n) is 11.3. The minimum atomic E-state index is -0.734. The summed E-state index contributed by atoms with van der Waals surface area (Å²) in [7, 11) is 0. The van der Waals surface area contributed by atoms with Crippen molar-refractivity contribution in [1.82, 2.24) is 0 Å². The molecule has 3 rings (SSSR count). The Morgan fingerprint density at radius 3 is 2.32 bits per heavy atom. The lowest BCUT2D eigenvalue weighted by atomic mass is 9.74. The second kappa shape index (κ2) is 5.00. The van der Waals surface area contributed by atoms with Crippen LogP contribution in [0.15, 0.2) is 23.3 Å². The third kappa shape index (κ3) is 2.26. The number of hydrogen-bond acceptors (Lipinski definition) is 5. The van der Waals surface area contributed by atoms with Crippen molar-refractivity contribution >= 4 is 0 Å². The number of ether oxygens (including phenoxy) is 4. The highest BCUT2D eigenvalue weighted by Crippen LogP contribution is 2.42. The highest BCUT2D eigenvalue weighted by Gasteiger charge is 2.48. The molecule has 106 valence electrons. The first kappa shape index (κ1) is 13.3. The van der Waals surface area contributed by atoms with Gasteiger partial charge in [-0.1, -0.05) is 17.7 Å². The highest BCUT2D eigenvalue weighted by atomic mass is 16.7. The van der Waals surface area contributed by atoms with E-state index in [1.54, 1.807) is 0 Å². The van der Waals surface area contributed by atoms with Crippen LogP contribution >= 0.6 is 0 Å². The maximum atomic E-state index is 10.7. The van der Waals surface area contributed by atoms with E-state index in [1.165, 1.54) is 0 Å². The van der Waals surface area contributed by atoms with Crippen LogP contribution in [0.3, 0.4) is 0 Å². The Hall–Kier alpha value is -0.720. The van der Waals surface area contributed by atoms with Crippen molar-refractivity contribution in [2.45, 2.75) is 32.5 Å². The van der Waals surface area contributed by atoms with E-state index in [2.05, 4.69) is 0 Å². The fraction of sp³-hybridized carbons (Fsp3) is 0.714. The SMILES string of the molecule is CC1=CC(C)(C2OCCO2)C(O)C(C2OCCO2)=C1. The third-order valence-corrected chi connectivity index (χ3v) is 3.86. The Morgan fingerprint density at radius 2 is 1.68 bits per heavy atom. The Kier molecular flexibility index (Phi) is 3.49. The van der Waals surface area contributed by atoms with E-state index in [4.69, 9.17) is 18.9 Å². The summed E-state index contributed by atoms with van der Waals surface area (Å²) in [5, 5.41) is 10.7. The van der Waals surface area contributed by atoms with E-state index >= 15 is 0 Å². The fourth-order valence-corrected chi connectivity index (χ4v) is 2.97. The molecule has 2 fully saturated rings. The summed E-state index contributed by atoms with van der Waals surface area (Å²) in [6, 6.07) is 0. The van der Waals surface area contributed by atoms with E-state index in [1.807, 2.05) is 26.0 Å². The normalized spacial score (nSPS) is 37.5. The molecule has 2 aliphatic heterocycles. The Bertz CT molecular complexity index is 404. The summed E-state index contributed by atoms with van der Waals surface area (Å²) >= 11 is 0. The number of aliphatic hydroxyl groups is 1. The molecule has 2 unspecified atom stereocenters. The van der Waals surface area contributed by atoms with Crippen molar-refractivity contribution in [3.63, 3.8) is 0 Å². The highest BCUT2D eigenvalue weighted by molar-refractivity contribution is 5.36. The van der Waals surface area contributed by atoms with Crippen LogP contribution in [-0.2, 0) is 18.9 Å². The average molecular weight is 268 g/mol. The molecule has 0 bridgehead atoms. The zero-order chi connectivity index (χ0) is 13.5. The summed E-state index contributed by atoms with van der Waals surface area (Å²) in [6.45, 7) is 6.19. The van der Waals surface area contributed by atoms with Crippen LogP contribution in [0.25, 0.3) is 0 Å². The van der Waals surface area contributed by atoms with E-state index in [9.17, 15) is 5.11 Å². The fourth-order valence-electron chi connectivity index (χ4n) is 2.97. The third-order valence-electron chi connectivity index (χ3n) is 3.86. The predicted octanol–water partition coefficient (Wildman–Crippen LogP) is 0.986. The average Bonchev–Trinajstić information content (AvgIpc) is 3.05. The standard InChI is InChI=1S/C14H20O5/c1-9-7-10(12-16-3-4-17-12)11(15)14(2,8-9)13-18-5-6-19-13/h7-8,11-13,15H,3-6H2,1-2H3. The van der Waals surface area contributed by atoms with Gasteiger partial charge < -0.3 is 24.1 Å². The lowest BCUT2D eigenvalue weighted by molar-refractivity contribution is -0.147. The van der Waals surface area contributed by atoms with Crippen LogP contribution in [0.4, 0.5) is 0 Å². The van der Waals surface area contributed by atoms with E-state index < -0.39 is 24.1 Å². The second-order valence-corrected chi connectivity index (χ2v) is 5.45. The lowest BCUT2D eigenvalue weighted by Gasteiger charge is -2.40. The zero-order valence-corrected chi connectivity index (χ0v) is 11.3. The minimum Gasteiger partial charge on any atom is -0.387 e. The molecule has 0 spiro atoms. The van der Waals surface area contributed by atoms with E-state index in [0.29, 0.717) is 26.4 Å². The van der Waals surface area contributed by atoms with Crippen molar-refractivity contribution < 1.29 is 24.1 Å². The first-order valence-corrected chi connectivity index (χ1v) is 6.67. The van der Waals surface area contributed by atoms with Crippen molar-refractivity contribution in [3.8, 4) is 0 Å². The molecule has 0 aromatic heterocycles. The number of aliphatic hydroxyl groups excluding tert-OH is 1. The molecule has 3 aliphatic rings. The van der Waals surface area contributed by atoms with E-state index in [-0.39, 0.29) is 0 Å². The summed E-state index contributed by atoms with van der Waals surface area (Å²) < 4.78 is 22.2. The molecule has 1 N–H and O–H groups in total. The monoisotopic (exact) mass is 268 g/mol. The Morgan fingerprint density at radius 1 is 1.11 bits per heavy atom. The van der Waals surface area contributed by atoms with Crippen LogP contribution in [0.2, 0.25) is 0 Å². The van der Waals surface area contributed by atoms with Gasteiger partial charge in [-0.2, -0.15) is 0 Å². The molecular weight excluding hydrogens is 248 g/mol. The minimum absolute atomic E-state index is 0.428. The topological polar surface area (TPSA) is 57.2 Å². The molecule has 0 saturated carbocycles. The van der Waals surface area contributed by atoms with Crippen LogP contribution in [0, 0.1) is 5.41 Å². The molecule has 5 heteroatoms. The van der Waals surface area contributed by atoms with Gasteiger partial charge in [-0.3, -0.25) is 0 Å². The van der Waals surface area contributed by atoms with Crippen LogP contribution in [-0.4, -0.2) is 50.2 Å². The van der Waals surface area contributed by atoms with Crippen molar-refractivity contribution in [2.75, 3.05) is 26.4 Å². The summed E-state index contributed by atoms with van der Waals surface area (Å²) in [5.74, 6) is 0. The summed E-state index contributed by atoms with van der Waals surface area (Å²) in [6.07, 6.45) is 2.31. The molecule has 0 amide bonds. The molecule has 2 saturated heterocycles. The number of hydrogen-bond donors (Lipinski definition) is 1. The molecule has 1 aliphatic carbocycles. The quantitative estimate of drug-likeness (QED) is 0.809. The van der Waals surface area contributed by atoms with Crippen molar-refractivity contribution in [3.05, 3.63) is 23.3 Å². The first-order chi connectivity index (χ1) is 9.11. The smallest absolute Gasteiger partial charge is 0.182 e.